The molecule has 0 bridgehead atoms. The van der Waals surface area contributed by atoms with E-state index in [4.69, 9.17) is 4.74 Å². The second-order valence-electron chi connectivity index (χ2n) is 6.64. The number of rotatable bonds is 7. The van der Waals surface area contributed by atoms with Gasteiger partial charge in [-0.05, 0) is 18.4 Å². The van der Waals surface area contributed by atoms with Crippen molar-refractivity contribution in [3.63, 3.8) is 0 Å². The summed E-state index contributed by atoms with van der Waals surface area (Å²) in [5, 5.41) is 6.98. The van der Waals surface area contributed by atoms with E-state index in [2.05, 4.69) is 29.2 Å². The van der Waals surface area contributed by atoms with Gasteiger partial charge in [0.2, 0.25) is 0 Å². The summed E-state index contributed by atoms with van der Waals surface area (Å²) in [6.45, 7) is 10.8. The molecule has 7 nitrogen and oxygen atoms in total. The first kappa shape index (κ1) is 18.6. The van der Waals surface area contributed by atoms with Gasteiger partial charge in [-0.2, -0.15) is 5.10 Å². The Bertz CT molecular complexity index is 600. The molecule has 0 aromatic carbocycles. The molecule has 1 fully saturated rings. The Morgan fingerprint density at radius 3 is 2.96 bits per heavy atom. The first-order chi connectivity index (χ1) is 11.5. The van der Waals surface area contributed by atoms with E-state index in [1.165, 1.54) is 16.8 Å². The fourth-order valence-corrected chi connectivity index (χ4v) is 2.83. The van der Waals surface area contributed by atoms with Crippen molar-refractivity contribution < 1.29 is 9.53 Å². The van der Waals surface area contributed by atoms with Gasteiger partial charge in [0.25, 0.3) is 11.5 Å². The van der Waals surface area contributed by atoms with Gasteiger partial charge in [0.15, 0.2) is 0 Å². The molecule has 1 aromatic heterocycles. The van der Waals surface area contributed by atoms with E-state index in [1.54, 1.807) is 0 Å². The Morgan fingerprint density at radius 1 is 1.46 bits per heavy atom. The molecular weight excluding hydrogens is 308 g/mol. The Kier molecular flexibility index (Phi) is 6.93. The van der Waals surface area contributed by atoms with E-state index < -0.39 is 0 Å². The van der Waals surface area contributed by atoms with Crippen LogP contribution in [-0.2, 0) is 11.3 Å². The van der Waals surface area contributed by atoms with Crippen molar-refractivity contribution in [2.24, 2.45) is 5.92 Å². The molecule has 0 spiro atoms. The van der Waals surface area contributed by atoms with E-state index in [-0.39, 0.29) is 23.3 Å². The van der Waals surface area contributed by atoms with Crippen LogP contribution in [0.25, 0.3) is 0 Å². The van der Waals surface area contributed by atoms with Crippen LogP contribution < -0.4 is 10.9 Å². The van der Waals surface area contributed by atoms with E-state index in [1.807, 2.05) is 6.92 Å². The minimum absolute atomic E-state index is 0.0111. The first-order valence-electron chi connectivity index (χ1n) is 8.70. The third-order valence-electron chi connectivity index (χ3n) is 3.87. The normalized spacial score (nSPS) is 18.8. The summed E-state index contributed by atoms with van der Waals surface area (Å²) in [6.07, 6.45) is 0.780. The molecule has 2 rings (SSSR count). The highest BCUT2D eigenvalue weighted by Gasteiger charge is 2.22. The lowest BCUT2D eigenvalue weighted by atomic mass is 10.2. The number of nitrogens with one attached hydrogen (secondary N) is 1. The largest absolute Gasteiger partial charge is 0.374 e. The van der Waals surface area contributed by atoms with Crippen LogP contribution >= 0.6 is 0 Å². The highest BCUT2D eigenvalue weighted by Crippen LogP contribution is 2.07. The van der Waals surface area contributed by atoms with Crippen LogP contribution in [0.15, 0.2) is 16.9 Å². The monoisotopic (exact) mass is 336 g/mol. The summed E-state index contributed by atoms with van der Waals surface area (Å²) < 4.78 is 7.06. The Balaban J connectivity index is 1.88. The zero-order valence-electron chi connectivity index (χ0n) is 14.8. The summed E-state index contributed by atoms with van der Waals surface area (Å²) in [4.78, 5) is 26.3. The number of hydrogen-bond donors (Lipinski definition) is 1. The van der Waals surface area contributed by atoms with Gasteiger partial charge in [-0.25, -0.2) is 4.68 Å². The van der Waals surface area contributed by atoms with Gasteiger partial charge in [0.05, 0.1) is 12.7 Å². The number of aryl methyl sites for hydroxylation is 1. The number of morpholine rings is 1. The van der Waals surface area contributed by atoms with Crippen molar-refractivity contribution >= 4 is 5.91 Å². The SMILES string of the molecule is CCCn1nc(C(=O)NC[C@H]2CN(CC(C)C)CCO2)ccc1=O. The second kappa shape index (κ2) is 8.94. The molecule has 0 saturated carbocycles. The molecule has 24 heavy (non-hydrogen) atoms. The lowest BCUT2D eigenvalue weighted by Crippen LogP contribution is -2.48. The zero-order valence-corrected chi connectivity index (χ0v) is 14.8. The molecule has 1 aliphatic heterocycles. The number of ether oxygens (including phenoxy) is 1. The summed E-state index contributed by atoms with van der Waals surface area (Å²) in [6, 6.07) is 2.86. The fourth-order valence-electron chi connectivity index (χ4n) is 2.83. The smallest absolute Gasteiger partial charge is 0.271 e. The van der Waals surface area contributed by atoms with Crippen molar-refractivity contribution in [3.8, 4) is 0 Å². The zero-order chi connectivity index (χ0) is 17.5. The lowest BCUT2D eigenvalue weighted by molar-refractivity contribution is -0.0296. The van der Waals surface area contributed by atoms with E-state index in [0.29, 0.717) is 25.6 Å². The highest BCUT2D eigenvalue weighted by atomic mass is 16.5. The standard InChI is InChI=1S/C17H28N4O3/c1-4-7-21-16(22)6-5-15(19-21)17(23)18-10-14-12-20(8-9-24-14)11-13(2)3/h5-6,13-14H,4,7-12H2,1-3H3,(H,18,23)/t14-/m0/s1. The van der Waals surface area contributed by atoms with Gasteiger partial charge in [0.1, 0.15) is 5.69 Å². The number of nitrogens with zero attached hydrogens (tertiary/aromatic N) is 3. The molecule has 2 heterocycles. The summed E-state index contributed by atoms with van der Waals surface area (Å²) in [7, 11) is 0. The van der Waals surface area contributed by atoms with Gasteiger partial charge >= 0.3 is 0 Å². The molecule has 134 valence electrons. The molecule has 1 aliphatic rings. The van der Waals surface area contributed by atoms with Crippen LogP contribution in [0.4, 0.5) is 0 Å². The van der Waals surface area contributed by atoms with Gasteiger partial charge in [-0.3, -0.25) is 14.5 Å². The maximum atomic E-state index is 12.3. The predicted molar refractivity (Wildman–Crippen MR) is 92.1 cm³/mol. The van der Waals surface area contributed by atoms with E-state index >= 15 is 0 Å². The van der Waals surface area contributed by atoms with Crippen molar-refractivity contribution in [1.82, 2.24) is 20.0 Å². The molecule has 0 unspecified atom stereocenters. The summed E-state index contributed by atoms with van der Waals surface area (Å²) >= 11 is 0. The maximum Gasteiger partial charge on any atom is 0.271 e. The molecule has 1 atom stereocenters. The Morgan fingerprint density at radius 2 is 2.25 bits per heavy atom. The molecule has 7 heteroatoms. The Labute approximate surface area is 143 Å². The average molecular weight is 336 g/mol. The number of carbonyl (C=O) groups is 1. The van der Waals surface area contributed by atoms with Crippen molar-refractivity contribution in [1.29, 1.82) is 0 Å². The van der Waals surface area contributed by atoms with E-state index in [0.717, 1.165) is 26.1 Å². The molecular formula is C17H28N4O3. The molecule has 0 aliphatic carbocycles. The molecule has 0 radical (unpaired) electrons. The van der Waals surface area contributed by atoms with Crippen LogP contribution in [0.2, 0.25) is 0 Å². The number of carbonyl (C=O) groups excluding carboxylic acids is 1. The number of hydrogen-bond acceptors (Lipinski definition) is 5. The van der Waals surface area contributed by atoms with Gasteiger partial charge < -0.3 is 10.1 Å². The fraction of sp³-hybridized carbons (Fsp3) is 0.706. The molecule has 1 N–H and O–H groups in total. The summed E-state index contributed by atoms with van der Waals surface area (Å²) in [5.74, 6) is 0.339. The van der Waals surface area contributed by atoms with Crippen molar-refractivity contribution in [3.05, 3.63) is 28.2 Å². The second-order valence-corrected chi connectivity index (χ2v) is 6.64. The number of aromatic nitrogens is 2. The first-order valence-corrected chi connectivity index (χ1v) is 8.70. The Hall–Kier alpha value is -1.73. The van der Waals surface area contributed by atoms with Crippen LogP contribution in [0.3, 0.4) is 0 Å². The van der Waals surface area contributed by atoms with Crippen LogP contribution in [0.1, 0.15) is 37.7 Å². The molecule has 1 aromatic rings. The minimum atomic E-state index is -0.274. The van der Waals surface area contributed by atoms with Crippen LogP contribution in [0, 0.1) is 5.92 Å². The van der Waals surface area contributed by atoms with Crippen molar-refractivity contribution in [2.45, 2.75) is 39.8 Å². The highest BCUT2D eigenvalue weighted by molar-refractivity contribution is 5.91. The maximum absolute atomic E-state index is 12.3. The lowest BCUT2D eigenvalue weighted by Gasteiger charge is -2.33. The summed E-state index contributed by atoms with van der Waals surface area (Å²) in [5.41, 5.74) is 0.0752. The minimum Gasteiger partial charge on any atom is -0.374 e. The van der Waals surface area contributed by atoms with E-state index in [9.17, 15) is 9.59 Å². The van der Waals surface area contributed by atoms with Gasteiger partial charge in [-0.15, -0.1) is 0 Å². The number of amides is 1. The van der Waals surface area contributed by atoms with Gasteiger partial charge in [-0.1, -0.05) is 20.8 Å². The average Bonchev–Trinajstić information content (AvgIpc) is 2.54. The quantitative estimate of drug-likeness (QED) is 0.795. The van der Waals surface area contributed by atoms with Gasteiger partial charge in [0, 0.05) is 38.8 Å². The van der Waals surface area contributed by atoms with Crippen LogP contribution in [-0.4, -0.2) is 59.5 Å². The molecule has 1 saturated heterocycles. The predicted octanol–water partition coefficient (Wildman–Crippen LogP) is 0.740. The topological polar surface area (TPSA) is 76.5 Å². The van der Waals surface area contributed by atoms with Crippen molar-refractivity contribution in [2.75, 3.05) is 32.8 Å². The van der Waals surface area contributed by atoms with Crippen LogP contribution in [0.5, 0.6) is 0 Å². The molecule has 1 amide bonds. The third-order valence-corrected chi connectivity index (χ3v) is 3.87. The third kappa shape index (κ3) is 5.42.